The third-order valence-electron chi connectivity index (χ3n) is 4.53. The summed E-state index contributed by atoms with van der Waals surface area (Å²) in [6.45, 7) is 0.476. The summed E-state index contributed by atoms with van der Waals surface area (Å²) in [5, 5.41) is 2.90. The van der Waals surface area contributed by atoms with Gasteiger partial charge in [0.05, 0.1) is 12.5 Å². The zero-order chi connectivity index (χ0) is 22.3. The summed E-state index contributed by atoms with van der Waals surface area (Å²) in [6.07, 6.45) is 0. The quantitative estimate of drug-likeness (QED) is 0.379. The number of urea groups is 1. The highest BCUT2D eigenvalue weighted by atomic mass is 32.2. The van der Waals surface area contributed by atoms with E-state index in [0.29, 0.717) is 23.3 Å². The van der Waals surface area contributed by atoms with Crippen LogP contribution >= 0.6 is 11.9 Å². The van der Waals surface area contributed by atoms with E-state index in [1.807, 2.05) is 54.6 Å². The Morgan fingerprint density at radius 3 is 2.50 bits per heavy atom. The molecule has 0 fully saturated rings. The lowest BCUT2D eigenvalue weighted by atomic mass is 10.2. The second-order valence-corrected chi connectivity index (χ2v) is 7.60. The van der Waals surface area contributed by atoms with Crippen LogP contribution < -0.4 is 19.5 Å². The highest BCUT2D eigenvalue weighted by molar-refractivity contribution is 7.98. The van der Waals surface area contributed by atoms with Crippen LogP contribution in [0.2, 0.25) is 0 Å². The number of carbonyl (C=O) groups excluding carboxylic acids is 2. The number of furan rings is 1. The molecule has 8 heteroatoms. The Morgan fingerprint density at radius 1 is 0.969 bits per heavy atom. The molecular weight excluding hydrogens is 428 g/mol. The maximum Gasteiger partial charge on any atom is 0.332 e. The molecule has 4 rings (SSSR count). The fraction of sp³-hybridized carbons (Fsp3) is 0.0833. The largest absolute Gasteiger partial charge is 0.496 e. The van der Waals surface area contributed by atoms with E-state index in [1.54, 1.807) is 18.2 Å². The predicted octanol–water partition coefficient (Wildman–Crippen LogP) is 5.17. The minimum Gasteiger partial charge on any atom is -0.496 e. The van der Waals surface area contributed by atoms with Gasteiger partial charge in [0.2, 0.25) is 0 Å². The number of fused-ring (bicyclic) bond motifs is 1. The van der Waals surface area contributed by atoms with Crippen molar-refractivity contribution in [3.8, 4) is 11.5 Å². The number of methoxy groups -OCH3 is 1. The van der Waals surface area contributed by atoms with Gasteiger partial charge in [-0.25, -0.2) is 4.79 Å². The van der Waals surface area contributed by atoms with Gasteiger partial charge in [0.1, 0.15) is 23.7 Å². The van der Waals surface area contributed by atoms with Crippen LogP contribution in [0.25, 0.3) is 11.0 Å². The first-order valence-corrected chi connectivity index (χ1v) is 10.6. The summed E-state index contributed by atoms with van der Waals surface area (Å²) in [6, 6.07) is 23.3. The van der Waals surface area contributed by atoms with Gasteiger partial charge in [-0.2, -0.15) is 0 Å². The van der Waals surface area contributed by atoms with Crippen molar-refractivity contribution < 1.29 is 23.5 Å². The van der Waals surface area contributed by atoms with Crippen molar-refractivity contribution in [2.75, 3.05) is 7.11 Å². The van der Waals surface area contributed by atoms with Gasteiger partial charge >= 0.3 is 6.03 Å². The maximum atomic E-state index is 12.3. The number of imide groups is 1. The average molecular weight is 449 g/mol. The summed E-state index contributed by atoms with van der Waals surface area (Å²) < 4.78 is 19.1. The van der Waals surface area contributed by atoms with Gasteiger partial charge in [-0.1, -0.05) is 36.4 Å². The highest BCUT2D eigenvalue weighted by Crippen LogP contribution is 2.28. The minimum atomic E-state index is -0.656. The number of ether oxygens (including phenoxy) is 2. The van der Waals surface area contributed by atoms with E-state index in [9.17, 15) is 9.59 Å². The molecule has 2 N–H and O–H groups in total. The average Bonchev–Trinajstić information content (AvgIpc) is 3.27. The summed E-state index contributed by atoms with van der Waals surface area (Å²) in [4.78, 5) is 25.2. The van der Waals surface area contributed by atoms with E-state index in [4.69, 9.17) is 13.9 Å². The molecule has 0 aliphatic carbocycles. The molecule has 0 atom stereocenters. The molecule has 0 aliphatic rings. The summed E-state index contributed by atoms with van der Waals surface area (Å²) >= 11 is 1.08. The molecule has 1 heterocycles. The van der Waals surface area contributed by atoms with Crippen LogP contribution in [-0.4, -0.2) is 19.0 Å². The van der Waals surface area contributed by atoms with E-state index >= 15 is 0 Å². The Hall–Kier alpha value is -3.91. The van der Waals surface area contributed by atoms with Crippen LogP contribution in [0.5, 0.6) is 11.5 Å². The van der Waals surface area contributed by atoms with Gasteiger partial charge in [-0.15, -0.1) is 0 Å². The first-order valence-electron chi connectivity index (χ1n) is 9.74. The SMILES string of the molecule is COc1cccc2oc(C(=O)NC(=O)NSc3ccc(OCc4ccccc4)cc3)cc12. The fourth-order valence-electron chi connectivity index (χ4n) is 2.96. The van der Waals surface area contributed by atoms with Crippen molar-refractivity contribution in [2.24, 2.45) is 0 Å². The molecular formula is C24H20N2O5S. The second kappa shape index (κ2) is 9.93. The standard InChI is InChI=1S/C24H20N2O5S/c1-29-20-8-5-9-21-19(20)14-22(31-21)23(27)25-24(28)26-32-18-12-10-17(11-13-18)30-15-16-6-3-2-4-7-16/h2-14H,15H2,1H3,(H2,25,26,27,28). The van der Waals surface area contributed by atoms with E-state index in [1.165, 1.54) is 13.2 Å². The van der Waals surface area contributed by atoms with Gasteiger partial charge in [-0.3, -0.25) is 14.8 Å². The van der Waals surface area contributed by atoms with Crippen molar-refractivity contribution in [1.29, 1.82) is 0 Å². The van der Waals surface area contributed by atoms with Crippen molar-refractivity contribution in [3.05, 3.63) is 90.2 Å². The molecule has 0 unspecified atom stereocenters. The lowest BCUT2D eigenvalue weighted by Gasteiger charge is -2.08. The van der Waals surface area contributed by atoms with Gasteiger partial charge < -0.3 is 13.9 Å². The first kappa shape index (κ1) is 21.3. The number of nitrogens with one attached hydrogen (secondary N) is 2. The van der Waals surface area contributed by atoms with Crippen LogP contribution in [0, 0.1) is 0 Å². The number of amides is 3. The zero-order valence-corrected chi connectivity index (χ0v) is 18.0. The Balaban J connectivity index is 1.27. The fourth-order valence-corrected chi connectivity index (χ4v) is 3.50. The van der Waals surface area contributed by atoms with Crippen LogP contribution in [-0.2, 0) is 6.61 Å². The summed E-state index contributed by atoms with van der Waals surface area (Å²) in [5.41, 5.74) is 1.58. The van der Waals surface area contributed by atoms with E-state index < -0.39 is 11.9 Å². The lowest BCUT2D eigenvalue weighted by Crippen LogP contribution is -2.36. The molecule has 3 amide bonds. The monoisotopic (exact) mass is 448 g/mol. The molecule has 1 aromatic heterocycles. The first-order chi connectivity index (χ1) is 15.6. The predicted molar refractivity (Wildman–Crippen MR) is 122 cm³/mol. The maximum absolute atomic E-state index is 12.3. The van der Waals surface area contributed by atoms with Crippen molar-refractivity contribution in [2.45, 2.75) is 11.5 Å². The highest BCUT2D eigenvalue weighted by Gasteiger charge is 2.17. The molecule has 3 aromatic carbocycles. The van der Waals surface area contributed by atoms with Crippen LogP contribution in [0.3, 0.4) is 0 Å². The minimum absolute atomic E-state index is 0.0181. The van der Waals surface area contributed by atoms with Crippen molar-refractivity contribution in [3.63, 3.8) is 0 Å². The number of hydrogen-bond acceptors (Lipinski definition) is 6. The van der Waals surface area contributed by atoms with E-state index in [2.05, 4.69) is 10.0 Å². The molecule has 0 bridgehead atoms. The molecule has 7 nitrogen and oxygen atoms in total. The van der Waals surface area contributed by atoms with Crippen molar-refractivity contribution in [1.82, 2.24) is 10.0 Å². The third-order valence-corrected chi connectivity index (χ3v) is 5.32. The number of hydrogen-bond donors (Lipinski definition) is 2. The number of rotatable bonds is 7. The second-order valence-electron chi connectivity index (χ2n) is 6.72. The van der Waals surface area contributed by atoms with Gasteiger partial charge in [0.15, 0.2) is 5.76 Å². The smallest absolute Gasteiger partial charge is 0.332 e. The summed E-state index contributed by atoms with van der Waals surface area (Å²) in [7, 11) is 1.54. The summed E-state index contributed by atoms with van der Waals surface area (Å²) in [5.74, 6) is 0.676. The molecule has 0 spiro atoms. The normalized spacial score (nSPS) is 10.5. The Labute approximate surface area is 188 Å². The van der Waals surface area contributed by atoms with Crippen LogP contribution in [0.15, 0.2) is 88.2 Å². The van der Waals surface area contributed by atoms with Crippen LogP contribution in [0.1, 0.15) is 16.1 Å². The molecule has 0 saturated carbocycles. The Morgan fingerprint density at radius 2 is 1.75 bits per heavy atom. The van der Waals surface area contributed by atoms with Crippen LogP contribution in [0.4, 0.5) is 4.79 Å². The van der Waals surface area contributed by atoms with E-state index in [0.717, 1.165) is 28.2 Å². The zero-order valence-electron chi connectivity index (χ0n) is 17.2. The molecule has 32 heavy (non-hydrogen) atoms. The molecule has 0 aliphatic heterocycles. The van der Waals surface area contributed by atoms with Gasteiger partial charge in [0, 0.05) is 11.0 Å². The molecule has 4 aromatic rings. The van der Waals surface area contributed by atoms with Gasteiger partial charge in [-0.05, 0) is 53.9 Å². The molecule has 0 radical (unpaired) electrons. The Kier molecular flexibility index (Phi) is 6.62. The lowest BCUT2D eigenvalue weighted by molar-refractivity contribution is 0.0940. The Bertz CT molecular complexity index is 1220. The number of benzene rings is 3. The van der Waals surface area contributed by atoms with E-state index in [-0.39, 0.29) is 5.76 Å². The third kappa shape index (κ3) is 5.22. The van der Waals surface area contributed by atoms with Gasteiger partial charge in [0.25, 0.3) is 5.91 Å². The molecule has 162 valence electrons. The van der Waals surface area contributed by atoms with Crippen molar-refractivity contribution >= 4 is 34.9 Å². The number of carbonyl (C=O) groups is 2. The molecule has 0 saturated heterocycles. The topological polar surface area (TPSA) is 89.8 Å².